The van der Waals surface area contributed by atoms with E-state index in [1.54, 1.807) is 54.9 Å². The van der Waals surface area contributed by atoms with Crippen LogP contribution in [-0.2, 0) is 4.79 Å². The Morgan fingerprint density at radius 1 is 1.17 bits per heavy atom. The van der Waals surface area contributed by atoms with Crippen LogP contribution in [0.1, 0.15) is 28.5 Å². The Labute approximate surface area is 172 Å². The molecule has 29 heavy (non-hydrogen) atoms. The number of hydrogen-bond donors (Lipinski definition) is 2. The molecule has 3 aromatic rings. The summed E-state index contributed by atoms with van der Waals surface area (Å²) in [4.78, 5) is 32.6. The molecule has 1 amide bonds. The van der Waals surface area contributed by atoms with Crippen LogP contribution in [0.5, 0.6) is 5.75 Å². The summed E-state index contributed by atoms with van der Waals surface area (Å²) in [6.07, 6.45) is 2.93. The van der Waals surface area contributed by atoms with Crippen LogP contribution in [0.4, 0.5) is 0 Å². The van der Waals surface area contributed by atoms with Crippen LogP contribution < -0.4 is 10.1 Å². The molecule has 0 saturated heterocycles. The summed E-state index contributed by atoms with van der Waals surface area (Å²) < 4.78 is 5.34. The van der Waals surface area contributed by atoms with E-state index in [9.17, 15) is 14.7 Å². The number of nitrogens with one attached hydrogen (secondary N) is 1. The minimum absolute atomic E-state index is 0.118. The molecule has 7 nitrogen and oxygen atoms in total. The third-order valence-electron chi connectivity index (χ3n) is 4.21. The minimum atomic E-state index is -1.06. The molecular weight excluding hydrogens is 394 g/mol. The molecule has 0 fully saturated rings. The summed E-state index contributed by atoms with van der Waals surface area (Å²) in [5.74, 6) is -1.10. The highest BCUT2D eigenvalue weighted by Gasteiger charge is 2.22. The van der Waals surface area contributed by atoms with E-state index in [-0.39, 0.29) is 12.1 Å². The molecule has 0 aliphatic carbocycles. The Morgan fingerprint density at radius 3 is 2.62 bits per heavy atom. The third-order valence-corrected chi connectivity index (χ3v) is 4.55. The Morgan fingerprint density at radius 2 is 1.97 bits per heavy atom. The number of pyridine rings is 2. The average molecular weight is 412 g/mol. The molecule has 0 bridgehead atoms. The van der Waals surface area contributed by atoms with Crippen molar-refractivity contribution in [1.82, 2.24) is 15.3 Å². The average Bonchev–Trinajstić information content (AvgIpc) is 2.73. The fourth-order valence-corrected chi connectivity index (χ4v) is 3.12. The smallest absolute Gasteiger partial charge is 0.305 e. The second-order valence-corrected chi connectivity index (χ2v) is 6.54. The van der Waals surface area contributed by atoms with Crippen LogP contribution >= 0.6 is 11.6 Å². The highest BCUT2D eigenvalue weighted by molar-refractivity contribution is 6.31. The number of carboxylic acid groups (broad SMARTS) is 1. The van der Waals surface area contributed by atoms with Crippen molar-refractivity contribution in [3.63, 3.8) is 0 Å². The fraction of sp³-hybridized carbons (Fsp3) is 0.143. The van der Waals surface area contributed by atoms with Crippen molar-refractivity contribution in [1.29, 1.82) is 0 Å². The van der Waals surface area contributed by atoms with Crippen molar-refractivity contribution in [2.24, 2.45) is 0 Å². The van der Waals surface area contributed by atoms with Gasteiger partial charge in [0, 0.05) is 23.0 Å². The molecule has 1 aromatic carbocycles. The number of amides is 1. The van der Waals surface area contributed by atoms with Crippen molar-refractivity contribution in [3.8, 4) is 17.0 Å². The zero-order valence-electron chi connectivity index (χ0n) is 15.5. The van der Waals surface area contributed by atoms with Gasteiger partial charge in [-0.05, 0) is 35.9 Å². The van der Waals surface area contributed by atoms with E-state index < -0.39 is 17.9 Å². The van der Waals surface area contributed by atoms with E-state index in [1.165, 1.54) is 13.2 Å². The number of aliphatic carboxylic acids is 1. The van der Waals surface area contributed by atoms with Gasteiger partial charge in [-0.1, -0.05) is 29.8 Å². The molecule has 8 heteroatoms. The molecule has 2 N–H and O–H groups in total. The SMILES string of the molecule is COc1ccc(C(=O)N[C@@H](CC(=O)O)c2ccccc2Cl)nc1-c1cccnc1. The van der Waals surface area contributed by atoms with Crippen molar-refractivity contribution in [2.45, 2.75) is 12.5 Å². The molecule has 0 spiro atoms. The molecule has 0 aliphatic rings. The number of ether oxygens (including phenoxy) is 1. The predicted molar refractivity (Wildman–Crippen MR) is 108 cm³/mol. The second-order valence-electron chi connectivity index (χ2n) is 6.13. The molecule has 0 saturated carbocycles. The largest absolute Gasteiger partial charge is 0.494 e. The summed E-state index contributed by atoms with van der Waals surface area (Å²) in [7, 11) is 1.51. The highest BCUT2D eigenvalue weighted by Crippen LogP contribution is 2.28. The number of carbonyl (C=O) groups is 2. The van der Waals surface area contributed by atoms with Crippen LogP contribution in [-0.4, -0.2) is 34.1 Å². The van der Waals surface area contributed by atoms with Gasteiger partial charge in [0.25, 0.3) is 5.91 Å². The minimum Gasteiger partial charge on any atom is -0.494 e. The maximum Gasteiger partial charge on any atom is 0.305 e. The Kier molecular flexibility index (Phi) is 6.41. The van der Waals surface area contributed by atoms with Crippen molar-refractivity contribution in [3.05, 3.63) is 77.2 Å². The number of aromatic nitrogens is 2. The first-order valence-corrected chi connectivity index (χ1v) is 9.10. The lowest BCUT2D eigenvalue weighted by molar-refractivity contribution is -0.137. The van der Waals surface area contributed by atoms with Gasteiger partial charge < -0.3 is 15.2 Å². The molecule has 0 unspecified atom stereocenters. The zero-order valence-corrected chi connectivity index (χ0v) is 16.3. The number of methoxy groups -OCH3 is 1. The number of carboxylic acids is 1. The van der Waals surface area contributed by atoms with Gasteiger partial charge in [0.15, 0.2) is 0 Å². The molecule has 0 aliphatic heterocycles. The summed E-state index contributed by atoms with van der Waals surface area (Å²) in [5, 5.41) is 12.3. The van der Waals surface area contributed by atoms with Gasteiger partial charge >= 0.3 is 5.97 Å². The first kappa shape index (κ1) is 20.3. The van der Waals surface area contributed by atoms with E-state index in [2.05, 4.69) is 15.3 Å². The fourth-order valence-electron chi connectivity index (χ4n) is 2.85. The van der Waals surface area contributed by atoms with Crippen molar-refractivity contribution >= 4 is 23.5 Å². The van der Waals surface area contributed by atoms with Gasteiger partial charge in [0.2, 0.25) is 0 Å². The second kappa shape index (κ2) is 9.16. The lowest BCUT2D eigenvalue weighted by atomic mass is 10.0. The Balaban J connectivity index is 1.92. The first-order chi connectivity index (χ1) is 14.0. The van der Waals surface area contributed by atoms with Gasteiger partial charge in [-0.25, -0.2) is 4.98 Å². The Bertz CT molecular complexity index is 1030. The Hall–Kier alpha value is -3.45. The summed E-state index contributed by atoms with van der Waals surface area (Å²) >= 11 is 6.19. The van der Waals surface area contributed by atoms with Crippen molar-refractivity contribution < 1.29 is 19.4 Å². The topological polar surface area (TPSA) is 101 Å². The molecule has 3 rings (SSSR count). The van der Waals surface area contributed by atoms with E-state index in [0.29, 0.717) is 27.6 Å². The van der Waals surface area contributed by atoms with Crippen LogP contribution in [0.3, 0.4) is 0 Å². The lowest BCUT2D eigenvalue weighted by Gasteiger charge is -2.19. The molecule has 1 atom stereocenters. The summed E-state index contributed by atoms with van der Waals surface area (Å²) in [5.41, 5.74) is 1.78. The van der Waals surface area contributed by atoms with Crippen LogP contribution in [0.15, 0.2) is 60.9 Å². The van der Waals surface area contributed by atoms with Gasteiger partial charge in [-0.15, -0.1) is 0 Å². The van der Waals surface area contributed by atoms with Gasteiger partial charge in [-0.2, -0.15) is 0 Å². The van der Waals surface area contributed by atoms with Gasteiger partial charge in [0.1, 0.15) is 17.1 Å². The molecular formula is C21H18ClN3O4. The number of halogens is 1. The number of benzene rings is 1. The standard InChI is InChI=1S/C21H18ClN3O4/c1-29-18-9-8-16(24-20(18)13-5-4-10-23-12-13)21(28)25-17(11-19(26)27)14-6-2-3-7-15(14)22/h2-10,12,17H,11H2,1H3,(H,25,28)(H,26,27)/t17-/m0/s1. The van der Waals surface area contributed by atoms with Gasteiger partial charge in [-0.3, -0.25) is 14.6 Å². The van der Waals surface area contributed by atoms with E-state index in [1.807, 2.05) is 0 Å². The lowest BCUT2D eigenvalue weighted by Crippen LogP contribution is -2.31. The maximum atomic E-state index is 12.8. The molecule has 2 heterocycles. The quantitative estimate of drug-likeness (QED) is 0.614. The van der Waals surface area contributed by atoms with E-state index in [0.717, 1.165) is 0 Å². The zero-order chi connectivity index (χ0) is 20.8. The third kappa shape index (κ3) is 4.89. The summed E-state index contributed by atoms with van der Waals surface area (Å²) in [6.45, 7) is 0. The van der Waals surface area contributed by atoms with Crippen LogP contribution in [0.2, 0.25) is 5.02 Å². The van der Waals surface area contributed by atoms with E-state index >= 15 is 0 Å². The van der Waals surface area contributed by atoms with Crippen LogP contribution in [0.25, 0.3) is 11.3 Å². The number of carbonyl (C=O) groups excluding carboxylic acids is 1. The maximum absolute atomic E-state index is 12.8. The highest BCUT2D eigenvalue weighted by atomic mass is 35.5. The molecule has 0 radical (unpaired) electrons. The number of rotatable bonds is 7. The summed E-state index contributed by atoms with van der Waals surface area (Å²) in [6, 6.07) is 12.7. The molecule has 148 valence electrons. The van der Waals surface area contributed by atoms with E-state index in [4.69, 9.17) is 16.3 Å². The molecule has 2 aromatic heterocycles. The monoisotopic (exact) mass is 411 g/mol. The number of nitrogens with zero attached hydrogens (tertiary/aromatic N) is 2. The first-order valence-electron chi connectivity index (χ1n) is 8.72. The predicted octanol–water partition coefficient (Wildman–Crippen LogP) is 3.75. The number of hydrogen-bond acceptors (Lipinski definition) is 5. The van der Waals surface area contributed by atoms with Crippen LogP contribution in [0, 0.1) is 0 Å². The van der Waals surface area contributed by atoms with Gasteiger partial charge in [0.05, 0.1) is 19.6 Å². The van der Waals surface area contributed by atoms with Crippen molar-refractivity contribution in [2.75, 3.05) is 7.11 Å². The normalized spacial score (nSPS) is 11.5.